The molecule has 7 heteroatoms. The van der Waals surface area contributed by atoms with E-state index in [0.29, 0.717) is 29.9 Å². The molecule has 1 aliphatic rings. The van der Waals surface area contributed by atoms with Crippen molar-refractivity contribution in [1.29, 1.82) is 0 Å². The smallest absolute Gasteiger partial charge is 0.355 e. The van der Waals surface area contributed by atoms with Crippen LogP contribution >= 0.6 is 0 Å². The lowest BCUT2D eigenvalue weighted by atomic mass is 10.2. The first-order valence-corrected chi connectivity index (χ1v) is 8.02. The van der Waals surface area contributed by atoms with Crippen molar-refractivity contribution in [2.45, 2.75) is 18.1 Å². The summed E-state index contributed by atoms with van der Waals surface area (Å²) in [6, 6.07) is 5.05. The zero-order valence-corrected chi connectivity index (χ0v) is 11.8. The molecule has 3 heterocycles. The molecule has 2 aromatic rings. The fraction of sp³-hybridized carbons (Fsp3) is 0.385. The molecule has 1 saturated heterocycles. The third kappa shape index (κ3) is 1.98. The van der Waals surface area contributed by atoms with Crippen LogP contribution in [-0.4, -0.2) is 36.6 Å². The summed E-state index contributed by atoms with van der Waals surface area (Å²) in [5.74, 6) is -0.274. The molecule has 2 aromatic heterocycles. The fourth-order valence-electron chi connectivity index (χ4n) is 2.58. The molecule has 20 heavy (non-hydrogen) atoms. The van der Waals surface area contributed by atoms with Crippen LogP contribution in [0.3, 0.4) is 0 Å². The van der Waals surface area contributed by atoms with Gasteiger partial charge >= 0.3 is 5.97 Å². The van der Waals surface area contributed by atoms with Crippen molar-refractivity contribution in [1.82, 2.24) is 9.38 Å². The van der Waals surface area contributed by atoms with Crippen molar-refractivity contribution < 1.29 is 17.9 Å². The number of fused-ring (bicyclic) bond motifs is 1. The summed E-state index contributed by atoms with van der Waals surface area (Å²) < 4.78 is 30.2. The van der Waals surface area contributed by atoms with Crippen molar-refractivity contribution in [3.05, 3.63) is 35.8 Å². The van der Waals surface area contributed by atoms with Gasteiger partial charge in [0.15, 0.2) is 9.84 Å². The Morgan fingerprint density at radius 1 is 1.45 bits per heavy atom. The Bertz CT molecular complexity index is 779. The Morgan fingerprint density at radius 3 is 2.90 bits per heavy atom. The van der Waals surface area contributed by atoms with Crippen LogP contribution in [-0.2, 0) is 14.6 Å². The van der Waals surface area contributed by atoms with Gasteiger partial charge in [-0.1, -0.05) is 6.07 Å². The van der Waals surface area contributed by atoms with Gasteiger partial charge in [0.1, 0.15) is 16.6 Å². The van der Waals surface area contributed by atoms with E-state index in [9.17, 15) is 13.2 Å². The summed E-state index contributed by atoms with van der Waals surface area (Å²) >= 11 is 0. The Hall–Kier alpha value is -1.89. The van der Waals surface area contributed by atoms with Crippen molar-refractivity contribution in [2.24, 2.45) is 0 Å². The number of aromatic nitrogens is 2. The van der Waals surface area contributed by atoms with Crippen molar-refractivity contribution >= 4 is 21.5 Å². The van der Waals surface area contributed by atoms with E-state index in [1.807, 2.05) is 0 Å². The normalized spacial score (nSPS) is 21.1. The summed E-state index contributed by atoms with van der Waals surface area (Å²) in [5.41, 5.74) is 1.38. The lowest BCUT2D eigenvalue weighted by Gasteiger charge is -2.04. The number of carbonyl (C=O) groups is 1. The number of carbonyl (C=O) groups excluding carboxylic acids is 1. The maximum atomic E-state index is 12.0. The largest absolute Gasteiger partial charge is 0.464 e. The van der Waals surface area contributed by atoms with Crippen LogP contribution < -0.4 is 0 Å². The highest BCUT2D eigenvalue weighted by atomic mass is 32.2. The number of ether oxygens (including phenoxy) is 1. The zero-order chi connectivity index (χ0) is 14.3. The van der Waals surface area contributed by atoms with Crippen molar-refractivity contribution in [2.75, 3.05) is 12.9 Å². The molecule has 6 nitrogen and oxygen atoms in total. The molecule has 1 atom stereocenters. The van der Waals surface area contributed by atoms with E-state index in [2.05, 4.69) is 4.98 Å². The van der Waals surface area contributed by atoms with E-state index in [-0.39, 0.29) is 5.75 Å². The first kappa shape index (κ1) is 13.1. The molecule has 3 rings (SSSR count). The Morgan fingerprint density at radius 2 is 2.25 bits per heavy atom. The van der Waals surface area contributed by atoms with E-state index in [4.69, 9.17) is 4.74 Å². The number of hydrogen-bond acceptors (Lipinski definition) is 5. The Kier molecular flexibility index (Phi) is 3.01. The van der Waals surface area contributed by atoms with Crippen LogP contribution in [0.15, 0.2) is 24.4 Å². The molecule has 0 saturated carbocycles. The molecule has 0 amide bonds. The average molecular weight is 294 g/mol. The SMILES string of the molecule is COC(=O)c1cccc2nc(C3CCCS3(=O)=O)cn12. The minimum absolute atomic E-state index is 0.204. The number of nitrogens with zero attached hydrogens (tertiary/aromatic N) is 2. The van der Waals surface area contributed by atoms with E-state index in [1.165, 1.54) is 7.11 Å². The number of esters is 1. The lowest BCUT2D eigenvalue weighted by Crippen LogP contribution is -2.08. The molecule has 1 fully saturated rings. The molecule has 1 unspecified atom stereocenters. The monoisotopic (exact) mass is 294 g/mol. The van der Waals surface area contributed by atoms with Gasteiger partial charge in [0.05, 0.1) is 18.6 Å². The Balaban J connectivity index is 2.14. The van der Waals surface area contributed by atoms with Gasteiger partial charge in [0.25, 0.3) is 0 Å². The molecule has 1 aliphatic heterocycles. The standard InChI is InChI=1S/C13H14N2O4S/c1-19-13(16)10-4-2-6-12-14-9(8-15(10)12)11-5-3-7-20(11,17)18/h2,4,6,8,11H,3,5,7H2,1H3. The predicted molar refractivity (Wildman–Crippen MR) is 72.3 cm³/mol. The van der Waals surface area contributed by atoms with Gasteiger partial charge in [-0.2, -0.15) is 0 Å². The maximum Gasteiger partial charge on any atom is 0.355 e. The Labute approximate surface area is 116 Å². The summed E-state index contributed by atoms with van der Waals surface area (Å²) in [6.07, 6.45) is 2.86. The number of methoxy groups -OCH3 is 1. The summed E-state index contributed by atoms with van der Waals surface area (Å²) in [4.78, 5) is 16.0. The van der Waals surface area contributed by atoms with Gasteiger partial charge in [0.2, 0.25) is 0 Å². The van der Waals surface area contributed by atoms with Crippen LogP contribution in [0.25, 0.3) is 5.65 Å². The van der Waals surface area contributed by atoms with Crippen LogP contribution in [0.2, 0.25) is 0 Å². The number of imidazole rings is 1. The second kappa shape index (κ2) is 4.59. The van der Waals surface area contributed by atoms with Crippen LogP contribution in [0.1, 0.15) is 34.3 Å². The highest BCUT2D eigenvalue weighted by Crippen LogP contribution is 2.34. The van der Waals surface area contributed by atoms with Crippen molar-refractivity contribution in [3.63, 3.8) is 0 Å². The maximum absolute atomic E-state index is 12.0. The molecule has 0 spiro atoms. The minimum Gasteiger partial charge on any atom is -0.464 e. The zero-order valence-electron chi connectivity index (χ0n) is 10.9. The van der Waals surface area contributed by atoms with Crippen LogP contribution in [0.5, 0.6) is 0 Å². The molecule has 0 radical (unpaired) electrons. The molecular weight excluding hydrogens is 280 g/mol. The molecule has 0 N–H and O–H groups in total. The topological polar surface area (TPSA) is 77.7 Å². The number of rotatable bonds is 2. The van der Waals surface area contributed by atoms with Gasteiger partial charge in [-0.15, -0.1) is 0 Å². The van der Waals surface area contributed by atoms with Gasteiger partial charge in [-0.05, 0) is 25.0 Å². The van der Waals surface area contributed by atoms with Crippen LogP contribution in [0.4, 0.5) is 0 Å². The van der Waals surface area contributed by atoms with Crippen LogP contribution in [0, 0.1) is 0 Å². The summed E-state index contributed by atoms with van der Waals surface area (Å²) in [5, 5.41) is -0.562. The predicted octanol–water partition coefficient (Wildman–Crippen LogP) is 1.37. The lowest BCUT2D eigenvalue weighted by molar-refractivity contribution is 0.0592. The van der Waals surface area contributed by atoms with E-state index in [1.54, 1.807) is 28.8 Å². The highest BCUT2D eigenvalue weighted by molar-refractivity contribution is 7.91. The molecule has 0 bridgehead atoms. The third-order valence-electron chi connectivity index (χ3n) is 3.56. The second-order valence-corrected chi connectivity index (χ2v) is 7.10. The first-order chi connectivity index (χ1) is 9.53. The van der Waals surface area contributed by atoms with Gasteiger partial charge in [-0.3, -0.25) is 4.40 Å². The van der Waals surface area contributed by atoms with Gasteiger partial charge in [0, 0.05) is 6.20 Å². The van der Waals surface area contributed by atoms with Gasteiger partial charge < -0.3 is 4.74 Å². The second-order valence-electron chi connectivity index (χ2n) is 4.79. The quantitative estimate of drug-likeness (QED) is 0.782. The van der Waals surface area contributed by atoms with E-state index < -0.39 is 21.1 Å². The number of hydrogen-bond donors (Lipinski definition) is 0. The highest BCUT2D eigenvalue weighted by Gasteiger charge is 2.34. The average Bonchev–Trinajstić information content (AvgIpc) is 2.99. The summed E-state index contributed by atoms with van der Waals surface area (Å²) in [7, 11) is -1.81. The third-order valence-corrected chi connectivity index (χ3v) is 5.77. The summed E-state index contributed by atoms with van der Waals surface area (Å²) in [6.45, 7) is 0. The number of sulfone groups is 1. The van der Waals surface area contributed by atoms with Gasteiger partial charge in [-0.25, -0.2) is 18.2 Å². The van der Waals surface area contributed by atoms with E-state index in [0.717, 1.165) is 0 Å². The number of pyridine rings is 1. The van der Waals surface area contributed by atoms with E-state index >= 15 is 0 Å². The molecule has 0 aromatic carbocycles. The van der Waals surface area contributed by atoms with Crippen molar-refractivity contribution in [3.8, 4) is 0 Å². The minimum atomic E-state index is -3.12. The fourth-order valence-corrected chi connectivity index (χ4v) is 4.44. The molecule has 0 aliphatic carbocycles. The molecule has 106 valence electrons. The first-order valence-electron chi connectivity index (χ1n) is 6.31. The molecular formula is C13H14N2O4S.